The third-order valence-corrected chi connectivity index (χ3v) is 2.51. The van der Waals surface area contributed by atoms with E-state index in [9.17, 15) is 0 Å². The lowest BCUT2D eigenvalue weighted by molar-refractivity contribution is 1.45. The molecule has 2 aromatic carbocycles. The summed E-state index contributed by atoms with van der Waals surface area (Å²) in [6, 6.07) is 11.0. The van der Waals surface area contributed by atoms with Crippen molar-refractivity contribution in [2.24, 2.45) is 0 Å². The van der Waals surface area contributed by atoms with Crippen molar-refractivity contribution >= 4 is 34.2 Å². The molecule has 0 amide bonds. The van der Waals surface area contributed by atoms with Gasteiger partial charge in [0.25, 0.3) is 0 Å². The van der Waals surface area contributed by atoms with Crippen LogP contribution in [-0.2, 0) is 0 Å². The maximum Gasteiger partial charge on any atom is 0.0554 e. The topological polar surface area (TPSA) is 152 Å². The van der Waals surface area contributed by atoms with E-state index in [1.165, 1.54) is 0 Å². The minimum Gasteiger partial charge on any atom is -0.397 e. The van der Waals surface area contributed by atoms with Crippen molar-refractivity contribution in [1.82, 2.24) is 0 Å². The number of anilines is 4. The summed E-state index contributed by atoms with van der Waals surface area (Å²) in [5.41, 5.74) is 28.3. The first kappa shape index (κ1) is 21.0. The summed E-state index contributed by atoms with van der Waals surface area (Å²) in [4.78, 5) is 0. The van der Waals surface area contributed by atoms with Gasteiger partial charge in [0, 0.05) is 11.4 Å². The van der Waals surface area contributed by atoms with Crippen LogP contribution in [-0.4, -0.2) is 11.4 Å². The van der Waals surface area contributed by atoms with E-state index in [1.807, 2.05) is 24.3 Å². The van der Waals surface area contributed by atoms with Gasteiger partial charge in [-0.05, 0) is 63.1 Å². The van der Waals surface area contributed by atoms with Crippen LogP contribution in [0.4, 0.5) is 22.7 Å². The first-order valence-corrected chi connectivity index (χ1v) is 7.38. The Hall–Kier alpha value is -3.02. The quantitative estimate of drug-likeness (QED) is 0.348. The molecule has 10 N–H and O–H groups in total. The highest BCUT2D eigenvalue weighted by Crippen LogP contribution is 2.28. The Kier molecular flexibility index (Phi) is 8.64. The Morgan fingerprint density at radius 2 is 0.833 bits per heavy atom. The van der Waals surface area contributed by atoms with Crippen molar-refractivity contribution in [1.29, 1.82) is 10.8 Å². The minimum atomic E-state index is 0.563. The molecule has 2 aromatic rings. The van der Waals surface area contributed by atoms with Crippen LogP contribution in [0.5, 0.6) is 0 Å². The van der Waals surface area contributed by atoms with Gasteiger partial charge in [-0.15, -0.1) is 0 Å². The molecule has 6 nitrogen and oxygen atoms in total. The van der Waals surface area contributed by atoms with Gasteiger partial charge < -0.3 is 33.8 Å². The normalized spacial score (nSPS) is 9.00. The van der Waals surface area contributed by atoms with Crippen molar-refractivity contribution in [2.45, 2.75) is 27.7 Å². The second-order valence-electron chi connectivity index (χ2n) is 5.69. The van der Waals surface area contributed by atoms with Gasteiger partial charge in [-0.2, -0.15) is 0 Å². The van der Waals surface area contributed by atoms with Crippen LogP contribution in [0.25, 0.3) is 11.1 Å². The molecule has 0 aliphatic rings. The molecular weight excluding hydrogens is 300 g/mol. The Morgan fingerprint density at radius 1 is 0.583 bits per heavy atom. The van der Waals surface area contributed by atoms with Crippen LogP contribution in [0.1, 0.15) is 27.7 Å². The van der Waals surface area contributed by atoms with Crippen molar-refractivity contribution < 1.29 is 0 Å². The highest BCUT2D eigenvalue weighted by Gasteiger charge is 2.02. The maximum absolute atomic E-state index is 6.50. The standard InChI is InChI=1S/C12H14N4.2C3H7N/c13-9-3-1-7(5-11(9)15)8-2-4-10(14)12(16)6-8;2*1-3(2)4/h1-6H,13-16H2;2*4H,1-2H3. The molecule has 0 aromatic heterocycles. The predicted octanol–water partition coefficient (Wildman–Crippen LogP) is 3.77. The molecule has 0 heterocycles. The predicted molar refractivity (Wildman–Crippen MR) is 108 cm³/mol. The van der Waals surface area contributed by atoms with Crippen LogP contribution in [0, 0.1) is 10.8 Å². The van der Waals surface area contributed by atoms with E-state index in [0.717, 1.165) is 11.1 Å². The lowest BCUT2D eigenvalue weighted by Crippen LogP contribution is -1.96. The monoisotopic (exact) mass is 328 g/mol. The maximum atomic E-state index is 6.50. The van der Waals surface area contributed by atoms with Crippen molar-refractivity contribution in [3.63, 3.8) is 0 Å². The van der Waals surface area contributed by atoms with E-state index >= 15 is 0 Å². The molecule has 0 saturated carbocycles. The molecular formula is C18H28N6. The highest BCUT2D eigenvalue weighted by molar-refractivity contribution is 5.79. The van der Waals surface area contributed by atoms with Crippen LogP contribution in [0.15, 0.2) is 36.4 Å². The summed E-state index contributed by atoms with van der Waals surface area (Å²) in [6.07, 6.45) is 0. The van der Waals surface area contributed by atoms with E-state index in [2.05, 4.69) is 0 Å². The third kappa shape index (κ3) is 8.43. The SMILES string of the molecule is CC(C)=N.CC(C)=N.Nc1ccc(-c2ccc(N)c(N)c2)cc1N. The summed E-state index contributed by atoms with van der Waals surface area (Å²) in [6.45, 7) is 7.00. The zero-order valence-corrected chi connectivity index (χ0v) is 14.8. The van der Waals surface area contributed by atoms with E-state index in [1.54, 1.807) is 39.8 Å². The molecule has 24 heavy (non-hydrogen) atoms. The molecule has 0 aliphatic heterocycles. The smallest absolute Gasteiger partial charge is 0.0554 e. The summed E-state index contributed by atoms with van der Waals surface area (Å²) in [7, 11) is 0. The molecule has 6 heteroatoms. The molecule has 0 fully saturated rings. The molecule has 0 aliphatic carbocycles. The second kappa shape index (κ2) is 9.89. The van der Waals surface area contributed by atoms with Gasteiger partial charge in [0.1, 0.15) is 0 Å². The van der Waals surface area contributed by atoms with Gasteiger partial charge in [-0.1, -0.05) is 12.1 Å². The summed E-state index contributed by atoms with van der Waals surface area (Å²) >= 11 is 0. The lowest BCUT2D eigenvalue weighted by Gasteiger charge is -2.07. The van der Waals surface area contributed by atoms with Crippen LogP contribution >= 0.6 is 0 Å². The fourth-order valence-electron chi connectivity index (χ4n) is 1.51. The molecule has 2 rings (SSSR count). The Labute approximate surface area is 143 Å². The third-order valence-electron chi connectivity index (χ3n) is 2.51. The largest absolute Gasteiger partial charge is 0.397 e. The average molecular weight is 328 g/mol. The first-order chi connectivity index (χ1) is 11.0. The van der Waals surface area contributed by atoms with Crippen molar-refractivity contribution in [3.8, 4) is 11.1 Å². The minimum absolute atomic E-state index is 0.563. The zero-order valence-electron chi connectivity index (χ0n) is 14.8. The molecule has 0 atom stereocenters. The molecule has 0 spiro atoms. The van der Waals surface area contributed by atoms with Gasteiger partial charge in [0.05, 0.1) is 22.7 Å². The number of rotatable bonds is 1. The zero-order chi connectivity index (χ0) is 18.9. The Bertz CT molecular complexity index is 637. The van der Waals surface area contributed by atoms with E-state index in [0.29, 0.717) is 34.2 Å². The number of benzene rings is 2. The van der Waals surface area contributed by atoms with E-state index in [4.69, 9.17) is 33.8 Å². The van der Waals surface area contributed by atoms with Gasteiger partial charge in [-0.25, -0.2) is 0 Å². The number of nitrogens with one attached hydrogen (secondary N) is 2. The average Bonchev–Trinajstić information content (AvgIpc) is 2.44. The molecule has 0 saturated heterocycles. The summed E-state index contributed by atoms with van der Waals surface area (Å²) < 4.78 is 0. The van der Waals surface area contributed by atoms with E-state index < -0.39 is 0 Å². The number of hydrogen-bond donors (Lipinski definition) is 6. The fraction of sp³-hybridized carbons (Fsp3) is 0.222. The van der Waals surface area contributed by atoms with Crippen LogP contribution in [0.3, 0.4) is 0 Å². The van der Waals surface area contributed by atoms with Gasteiger partial charge in [0.15, 0.2) is 0 Å². The number of hydrogen-bond acceptors (Lipinski definition) is 6. The van der Waals surface area contributed by atoms with Crippen LogP contribution < -0.4 is 22.9 Å². The molecule has 0 bridgehead atoms. The summed E-state index contributed by atoms with van der Waals surface area (Å²) in [5, 5.41) is 13.0. The first-order valence-electron chi connectivity index (χ1n) is 7.38. The Morgan fingerprint density at radius 3 is 1.04 bits per heavy atom. The van der Waals surface area contributed by atoms with Gasteiger partial charge in [-0.3, -0.25) is 0 Å². The number of nitrogen functional groups attached to an aromatic ring is 4. The van der Waals surface area contributed by atoms with Gasteiger partial charge in [0.2, 0.25) is 0 Å². The Balaban J connectivity index is 0.000000558. The molecule has 0 unspecified atom stereocenters. The van der Waals surface area contributed by atoms with Crippen molar-refractivity contribution in [3.05, 3.63) is 36.4 Å². The second-order valence-corrected chi connectivity index (χ2v) is 5.69. The molecule has 0 radical (unpaired) electrons. The highest BCUT2D eigenvalue weighted by atomic mass is 14.7. The van der Waals surface area contributed by atoms with Gasteiger partial charge >= 0.3 is 0 Å². The molecule has 130 valence electrons. The summed E-state index contributed by atoms with van der Waals surface area (Å²) in [5.74, 6) is 0. The number of nitrogens with two attached hydrogens (primary N) is 4. The fourth-order valence-corrected chi connectivity index (χ4v) is 1.51. The van der Waals surface area contributed by atoms with Crippen LogP contribution in [0.2, 0.25) is 0 Å². The lowest BCUT2D eigenvalue weighted by atomic mass is 10.0. The van der Waals surface area contributed by atoms with E-state index in [-0.39, 0.29) is 0 Å². The van der Waals surface area contributed by atoms with Crippen molar-refractivity contribution in [2.75, 3.05) is 22.9 Å².